The highest BCUT2D eigenvalue weighted by atomic mass is 16.5. The summed E-state index contributed by atoms with van der Waals surface area (Å²) >= 11 is 0. The highest BCUT2D eigenvalue weighted by molar-refractivity contribution is 5.87. The van der Waals surface area contributed by atoms with Crippen LogP contribution >= 0.6 is 0 Å². The molecule has 0 aliphatic heterocycles. The quantitative estimate of drug-likeness (QED) is 0.775. The molecule has 0 atom stereocenters. The molecule has 0 bridgehead atoms. The summed E-state index contributed by atoms with van der Waals surface area (Å²) in [7, 11) is 0. The van der Waals surface area contributed by atoms with Crippen molar-refractivity contribution in [1.82, 2.24) is 0 Å². The van der Waals surface area contributed by atoms with E-state index in [1.807, 2.05) is 6.07 Å². The Morgan fingerprint density at radius 2 is 2.11 bits per heavy atom. The van der Waals surface area contributed by atoms with Crippen LogP contribution in [0.15, 0.2) is 40.8 Å². The van der Waals surface area contributed by atoms with Crippen molar-refractivity contribution in [2.45, 2.75) is 6.92 Å². The number of ether oxygens (including phenoxy) is 1. The summed E-state index contributed by atoms with van der Waals surface area (Å²) < 4.78 is 10.2. The van der Waals surface area contributed by atoms with E-state index in [1.54, 1.807) is 37.3 Å². The van der Waals surface area contributed by atoms with Crippen LogP contribution in [-0.4, -0.2) is 12.6 Å². The number of furan rings is 1. The van der Waals surface area contributed by atoms with Crippen molar-refractivity contribution in [3.05, 3.63) is 47.7 Å². The van der Waals surface area contributed by atoms with Gasteiger partial charge in [-0.25, -0.2) is 4.79 Å². The first kappa shape index (κ1) is 11.9. The standard InChI is InChI=1S/C14H11NO3/c1-2-17-14(16)13-8-7-12(18-13)11-6-4-3-5-10(11)9-15/h3-8H,2H2,1H3. The molecule has 0 aliphatic rings. The Morgan fingerprint density at radius 3 is 2.83 bits per heavy atom. The minimum Gasteiger partial charge on any atom is -0.460 e. The average Bonchev–Trinajstić information content (AvgIpc) is 2.88. The Balaban J connectivity index is 2.36. The maximum absolute atomic E-state index is 11.5. The molecule has 4 heteroatoms. The molecule has 4 nitrogen and oxygen atoms in total. The number of hydrogen-bond acceptors (Lipinski definition) is 4. The molecule has 0 radical (unpaired) electrons. The molecular weight excluding hydrogens is 230 g/mol. The van der Waals surface area contributed by atoms with E-state index in [0.717, 1.165) is 0 Å². The van der Waals surface area contributed by atoms with Gasteiger partial charge < -0.3 is 9.15 Å². The predicted molar refractivity (Wildman–Crippen MR) is 64.8 cm³/mol. The van der Waals surface area contributed by atoms with Crippen molar-refractivity contribution in [2.24, 2.45) is 0 Å². The van der Waals surface area contributed by atoms with Crippen molar-refractivity contribution in [1.29, 1.82) is 5.26 Å². The third kappa shape index (κ3) is 2.25. The van der Waals surface area contributed by atoms with Crippen molar-refractivity contribution < 1.29 is 13.9 Å². The molecule has 1 aromatic heterocycles. The Labute approximate surface area is 104 Å². The van der Waals surface area contributed by atoms with E-state index in [0.29, 0.717) is 23.5 Å². The number of carbonyl (C=O) groups is 1. The van der Waals surface area contributed by atoms with Gasteiger partial charge in [-0.15, -0.1) is 0 Å². The Bertz CT molecular complexity index is 607. The zero-order chi connectivity index (χ0) is 13.0. The summed E-state index contributed by atoms with van der Waals surface area (Å²) in [5.74, 6) is 0.119. The molecule has 0 aliphatic carbocycles. The average molecular weight is 241 g/mol. The van der Waals surface area contributed by atoms with E-state index in [2.05, 4.69) is 6.07 Å². The molecule has 0 fully saturated rings. The summed E-state index contributed by atoms with van der Waals surface area (Å²) in [6.45, 7) is 2.02. The number of carbonyl (C=O) groups excluding carboxylic acids is 1. The van der Waals surface area contributed by atoms with Gasteiger partial charge in [0.1, 0.15) is 5.76 Å². The summed E-state index contributed by atoms with van der Waals surface area (Å²) in [4.78, 5) is 11.5. The first-order chi connectivity index (χ1) is 8.76. The lowest BCUT2D eigenvalue weighted by Gasteiger charge is -2.00. The van der Waals surface area contributed by atoms with Gasteiger partial charge in [-0.05, 0) is 31.2 Å². The Hall–Kier alpha value is -2.54. The van der Waals surface area contributed by atoms with Gasteiger partial charge in [0.25, 0.3) is 0 Å². The molecule has 0 amide bonds. The second-order valence-electron chi connectivity index (χ2n) is 3.54. The van der Waals surface area contributed by atoms with Gasteiger partial charge in [-0.1, -0.05) is 12.1 Å². The van der Waals surface area contributed by atoms with Crippen LogP contribution in [0.4, 0.5) is 0 Å². The van der Waals surface area contributed by atoms with Crippen LogP contribution in [0.2, 0.25) is 0 Å². The minimum absolute atomic E-state index is 0.139. The van der Waals surface area contributed by atoms with E-state index >= 15 is 0 Å². The van der Waals surface area contributed by atoms with Crippen LogP contribution in [0, 0.1) is 11.3 Å². The molecule has 0 unspecified atom stereocenters. The summed E-state index contributed by atoms with van der Waals surface area (Å²) in [6, 6.07) is 12.3. The Morgan fingerprint density at radius 1 is 1.33 bits per heavy atom. The molecule has 90 valence electrons. The van der Waals surface area contributed by atoms with E-state index in [4.69, 9.17) is 14.4 Å². The first-order valence-corrected chi connectivity index (χ1v) is 5.52. The number of hydrogen-bond donors (Lipinski definition) is 0. The van der Waals surface area contributed by atoms with Crippen molar-refractivity contribution in [2.75, 3.05) is 6.61 Å². The number of esters is 1. The van der Waals surface area contributed by atoms with E-state index in [-0.39, 0.29) is 5.76 Å². The molecule has 0 spiro atoms. The maximum atomic E-state index is 11.5. The van der Waals surface area contributed by atoms with Crippen molar-refractivity contribution >= 4 is 5.97 Å². The fourth-order valence-electron chi connectivity index (χ4n) is 1.59. The third-order valence-corrected chi connectivity index (χ3v) is 2.40. The molecule has 2 aromatic rings. The normalized spacial score (nSPS) is 9.78. The van der Waals surface area contributed by atoms with Crippen LogP contribution in [0.1, 0.15) is 23.0 Å². The molecule has 2 rings (SSSR count). The molecule has 1 heterocycles. The molecule has 18 heavy (non-hydrogen) atoms. The van der Waals surface area contributed by atoms with Crippen molar-refractivity contribution in [3.8, 4) is 17.4 Å². The minimum atomic E-state index is -0.502. The zero-order valence-corrected chi connectivity index (χ0v) is 9.84. The molecule has 0 N–H and O–H groups in total. The maximum Gasteiger partial charge on any atom is 0.374 e. The van der Waals surface area contributed by atoms with Gasteiger partial charge in [0.05, 0.1) is 18.2 Å². The van der Waals surface area contributed by atoms with Gasteiger partial charge in [-0.3, -0.25) is 0 Å². The zero-order valence-electron chi connectivity index (χ0n) is 9.84. The molecular formula is C14H11NO3. The third-order valence-electron chi connectivity index (χ3n) is 2.40. The highest BCUT2D eigenvalue weighted by Crippen LogP contribution is 2.25. The second kappa shape index (κ2) is 5.19. The summed E-state index contributed by atoms with van der Waals surface area (Å²) in [5.41, 5.74) is 1.16. The number of nitriles is 1. The summed E-state index contributed by atoms with van der Waals surface area (Å²) in [6.07, 6.45) is 0. The van der Waals surface area contributed by atoms with Gasteiger partial charge in [-0.2, -0.15) is 5.26 Å². The predicted octanol–water partition coefficient (Wildman–Crippen LogP) is 2.99. The van der Waals surface area contributed by atoms with E-state index in [1.165, 1.54) is 0 Å². The van der Waals surface area contributed by atoms with Gasteiger partial charge in [0.15, 0.2) is 0 Å². The Kier molecular flexibility index (Phi) is 3.44. The smallest absolute Gasteiger partial charge is 0.374 e. The second-order valence-corrected chi connectivity index (χ2v) is 3.54. The molecule has 0 saturated heterocycles. The van der Waals surface area contributed by atoms with Crippen molar-refractivity contribution in [3.63, 3.8) is 0 Å². The fourth-order valence-corrected chi connectivity index (χ4v) is 1.59. The summed E-state index contributed by atoms with van der Waals surface area (Å²) in [5, 5.41) is 9.00. The largest absolute Gasteiger partial charge is 0.460 e. The molecule has 1 aromatic carbocycles. The molecule has 0 saturated carbocycles. The van der Waals surface area contributed by atoms with Gasteiger partial charge in [0.2, 0.25) is 5.76 Å². The lowest BCUT2D eigenvalue weighted by atomic mass is 10.1. The van der Waals surface area contributed by atoms with Gasteiger partial charge >= 0.3 is 5.97 Å². The van der Waals surface area contributed by atoms with E-state index in [9.17, 15) is 4.79 Å². The van der Waals surface area contributed by atoms with Crippen LogP contribution < -0.4 is 0 Å². The number of benzene rings is 1. The van der Waals surface area contributed by atoms with Crippen LogP contribution in [0.3, 0.4) is 0 Å². The van der Waals surface area contributed by atoms with E-state index < -0.39 is 5.97 Å². The highest BCUT2D eigenvalue weighted by Gasteiger charge is 2.14. The monoisotopic (exact) mass is 241 g/mol. The van der Waals surface area contributed by atoms with Crippen LogP contribution in [0.5, 0.6) is 0 Å². The topological polar surface area (TPSA) is 63.2 Å². The first-order valence-electron chi connectivity index (χ1n) is 5.52. The number of nitrogens with zero attached hydrogens (tertiary/aromatic N) is 1. The lowest BCUT2D eigenvalue weighted by Crippen LogP contribution is -2.02. The fraction of sp³-hybridized carbons (Fsp3) is 0.143. The SMILES string of the molecule is CCOC(=O)c1ccc(-c2ccccc2C#N)o1. The number of rotatable bonds is 3. The van der Waals surface area contributed by atoms with Crippen LogP contribution in [0.25, 0.3) is 11.3 Å². The van der Waals surface area contributed by atoms with Crippen LogP contribution in [-0.2, 0) is 4.74 Å². The van der Waals surface area contributed by atoms with Gasteiger partial charge in [0, 0.05) is 5.56 Å². The lowest BCUT2D eigenvalue weighted by molar-refractivity contribution is 0.0491.